The molecule has 2 unspecified atom stereocenters. The van der Waals surface area contributed by atoms with Crippen molar-refractivity contribution in [2.75, 3.05) is 0 Å². The molecule has 2 heteroatoms. The fourth-order valence-corrected chi connectivity index (χ4v) is 5.57. The Balaban J connectivity index is 2.53. The number of rotatable bonds is 2. The van der Waals surface area contributed by atoms with Gasteiger partial charge in [-0.15, -0.1) is 11.8 Å². The first-order valence-electron chi connectivity index (χ1n) is 8.73. The van der Waals surface area contributed by atoms with Gasteiger partial charge in [-0.3, -0.25) is 0 Å². The Bertz CT molecular complexity index is 664. The van der Waals surface area contributed by atoms with E-state index in [1.54, 1.807) is 0 Å². The first-order valence-corrected chi connectivity index (χ1v) is 10.4. The van der Waals surface area contributed by atoms with E-state index in [1.165, 1.54) is 37.0 Å². The van der Waals surface area contributed by atoms with Crippen LogP contribution in [0.4, 0.5) is 0 Å². The van der Waals surface area contributed by atoms with Crippen LogP contribution in [0.5, 0.6) is 0 Å². The monoisotopic (exact) mass is 358 g/mol. The Morgan fingerprint density at radius 1 is 1.29 bits per heavy atom. The molecule has 2 aliphatic rings. The van der Waals surface area contributed by atoms with E-state index in [0.717, 1.165) is 12.8 Å². The normalized spacial score (nSPS) is 30.4. The van der Waals surface area contributed by atoms with E-state index < -0.39 is 0 Å². The van der Waals surface area contributed by atoms with Gasteiger partial charge in [-0.2, -0.15) is 0 Å². The summed E-state index contributed by atoms with van der Waals surface area (Å²) in [6.45, 7) is 17.8. The smallest absolute Gasteiger partial charge is 0.0252 e. The molecular weight excluding hydrogens is 328 g/mol. The Hall–Kier alpha value is -0.860. The molecule has 0 bridgehead atoms. The van der Waals surface area contributed by atoms with Crippen molar-refractivity contribution in [2.45, 2.75) is 59.6 Å². The Morgan fingerprint density at radius 2 is 2.00 bits per heavy atom. The molecule has 0 spiro atoms. The highest BCUT2D eigenvalue weighted by atomic mass is 32.2. The lowest BCUT2D eigenvalue weighted by molar-refractivity contribution is 0.908. The predicted octanol–water partition coefficient (Wildman–Crippen LogP) is 7.80. The van der Waals surface area contributed by atoms with Crippen LogP contribution in [0, 0.1) is 5.92 Å². The molecule has 2 rings (SSSR count). The van der Waals surface area contributed by atoms with Crippen LogP contribution >= 0.6 is 23.5 Å². The van der Waals surface area contributed by atoms with Crippen LogP contribution in [-0.4, -0.2) is 5.25 Å². The summed E-state index contributed by atoms with van der Waals surface area (Å²) in [5.74, 6) is 0.439. The number of allylic oxidation sites excluding steroid dienone is 9. The molecule has 0 aromatic heterocycles. The summed E-state index contributed by atoms with van der Waals surface area (Å²) in [6.07, 6.45) is 11.4. The van der Waals surface area contributed by atoms with E-state index in [0.29, 0.717) is 11.2 Å². The van der Waals surface area contributed by atoms with Gasteiger partial charge in [0.05, 0.1) is 0 Å². The molecule has 0 nitrogen and oxygen atoms in total. The highest BCUT2D eigenvalue weighted by Gasteiger charge is 2.26. The standard InChI is InChI=1S/C22H30S2/c1-14(2)8-10-16(4)20-13-19(7)23-21-17(5)11-9-15(3)12-18(6)24-22(20)21/h8-9,11-12,17-18H,7,10,13H2,1-6H3/b11-9-,15-12-,20-16-. The fourth-order valence-electron chi connectivity index (χ4n) is 2.95. The summed E-state index contributed by atoms with van der Waals surface area (Å²) in [7, 11) is 0. The Kier molecular flexibility index (Phi) is 6.88. The number of thioether (sulfide) groups is 2. The fraction of sp³-hybridized carbons (Fsp3) is 0.455. The number of hydrogen-bond acceptors (Lipinski definition) is 2. The lowest BCUT2D eigenvalue weighted by Crippen LogP contribution is -2.08. The summed E-state index contributed by atoms with van der Waals surface area (Å²) in [6, 6.07) is 0. The Labute approximate surface area is 156 Å². The maximum atomic E-state index is 4.31. The van der Waals surface area contributed by atoms with Crippen LogP contribution in [0.25, 0.3) is 0 Å². The van der Waals surface area contributed by atoms with Gasteiger partial charge in [0.1, 0.15) is 0 Å². The van der Waals surface area contributed by atoms with Gasteiger partial charge in [-0.1, -0.05) is 66.3 Å². The third kappa shape index (κ3) is 5.07. The molecule has 2 heterocycles. The van der Waals surface area contributed by atoms with Crippen LogP contribution in [0.3, 0.4) is 0 Å². The second kappa shape index (κ2) is 8.49. The third-order valence-electron chi connectivity index (χ3n) is 4.32. The van der Waals surface area contributed by atoms with Crippen molar-refractivity contribution in [3.63, 3.8) is 0 Å². The largest absolute Gasteiger partial charge is 0.118 e. The highest BCUT2D eigenvalue weighted by molar-refractivity contribution is 8.09. The first-order chi connectivity index (χ1) is 11.3. The van der Waals surface area contributed by atoms with Crippen molar-refractivity contribution >= 4 is 23.5 Å². The maximum absolute atomic E-state index is 4.31. The van der Waals surface area contributed by atoms with Gasteiger partial charge >= 0.3 is 0 Å². The molecule has 2 aliphatic heterocycles. The molecule has 0 N–H and O–H groups in total. The zero-order valence-electron chi connectivity index (χ0n) is 15.9. The van der Waals surface area contributed by atoms with Crippen LogP contribution in [0.15, 0.2) is 67.9 Å². The first kappa shape index (κ1) is 19.5. The molecule has 0 radical (unpaired) electrons. The minimum atomic E-state index is 0.439. The van der Waals surface area contributed by atoms with Gasteiger partial charge in [0, 0.05) is 27.4 Å². The average Bonchev–Trinajstić information content (AvgIpc) is 2.55. The molecule has 0 aromatic carbocycles. The van der Waals surface area contributed by atoms with Crippen molar-refractivity contribution in [1.82, 2.24) is 0 Å². The van der Waals surface area contributed by atoms with Gasteiger partial charge in [0.15, 0.2) is 0 Å². The third-order valence-corrected chi connectivity index (χ3v) is 6.89. The maximum Gasteiger partial charge on any atom is 0.0252 e. The minimum Gasteiger partial charge on any atom is -0.118 e. The van der Waals surface area contributed by atoms with E-state index in [-0.39, 0.29) is 0 Å². The molecule has 130 valence electrons. The van der Waals surface area contributed by atoms with E-state index in [9.17, 15) is 0 Å². The summed E-state index contributed by atoms with van der Waals surface area (Å²) >= 11 is 3.92. The van der Waals surface area contributed by atoms with Crippen molar-refractivity contribution in [1.29, 1.82) is 0 Å². The quantitative estimate of drug-likeness (QED) is 0.462. The minimum absolute atomic E-state index is 0.439. The molecule has 0 fully saturated rings. The molecule has 24 heavy (non-hydrogen) atoms. The molecule has 2 atom stereocenters. The second-order valence-electron chi connectivity index (χ2n) is 7.14. The zero-order chi connectivity index (χ0) is 17.9. The van der Waals surface area contributed by atoms with Crippen molar-refractivity contribution in [3.05, 3.63) is 67.9 Å². The van der Waals surface area contributed by atoms with E-state index in [1.807, 2.05) is 23.5 Å². The molecule has 0 aliphatic carbocycles. The second-order valence-corrected chi connectivity index (χ2v) is 9.75. The summed E-state index contributed by atoms with van der Waals surface area (Å²) in [5, 5.41) is 0.489. The van der Waals surface area contributed by atoms with Gasteiger partial charge in [-0.25, -0.2) is 0 Å². The summed E-state index contributed by atoms with van der Waals surface area (Å²) < 4.78 is 0. The van der Waals surface area contributed by atoms with Crippen molar-refractivity contribution in [3.8, 4) is 0 Å². The van der Waals surface area contributed by atoms with Crippen LogP contribution < -0.4 is 0 Å². The lowest BCUT2D eigenvalue weighted by Gasteiger charge is -2.28. The van der Waals surface area contributed by atoms with Gasteiger partial charge in [-0.05, 0) is 51.5 Å². The van der Waals surface area contributed by atoms with Crippen molar-refractivity contribution in [2.24, 2.45) is 5.92 Å². The molecule has 0 aromatic rings. The zero-order valence-corrected chi connectivity index (χ0v) is 17.5. The summed E-state index contributed by atoms with van der Waals surface area (Å²) in [5.41, 5.74) is 5.74. The summed E-state index contributed by atoms with van der Waals surface area (Å²) in [4.78, 5) is 4.26. The lowest BCUT2D eigenvalue weighted by atomic mass is 9.98. The van der Waals surface area contributed by atoms with Crippen LogP contribution in [-0.2, 0) is 0 Å². The molecular formula is C22H30S2. The number of hydrogen-bond donors (Lipinski definition) is 0. The predicted molar refractivity (Wildman–Crippen MR) is 114 cm³/mol. The van der Waals surface area contributed by atoms with E-state index in [4.69, 9.17) is 0 Å². The SMILES string of the molecule is C=C1C/C(=C(\C)CC=C(C)C)C2=C(S1)C(C)/C=C\C(C)=C/C(C)S2. The van der Waals surface area contributed by atoms with Crippen LogP contribution in [0.2, 0.25) is 0 Å². The average molecular weight is 359 g/mol. The van der Waals surface area contributed by atoms with Gasteiger partial charge in [0.25, 0.3) is 0 Å². The van der Waals surface area contributed by atoms with Crippen LogP contribution in [0.1, 0.15) is 54.4 Å². The molecule has 0 amide bonds. The van der Waals surface area contributed by atoms with Gasteiger partial charge < -0.3 is 0 Å². The molecule has 0 saturated heterocycles. The topological polar surface area (TPSA) is 0 Å². The molecule has 0 saturated carbocycles. The van der Waals surface area contributed by atoms with Gasteiger partial charge in [0.2, 0.25) is 0 Å². The Morgan fingerprint density at radius 3 is 2.67 bits per heavy atom. The van der Waals surface area contributed by atoms with E-state index >= 15 is 0 Å². The van der Waals surface area contributed by atoms with E-state index in [2.05, 4.69) is 72.4 Å². The highest BCUT2D eigenvalue weighted by Crippen LogP contribution is 2.51. The van der Waals surface area contributed by atoms with Crippen molar-refractivity contribution < 1.29 is 0 Å².